The molecule has 0 bridgehead atoms. The number of hydrogen-bond donors (Lipinski definition) is 2. The van der Waals surface area contributed by atoms with Gasteiger partial charge in [0.2, 0.25) is 11.9 Å². The molecule has 2 aromatic rings. The lowest BCUT2D eigenvalue weighted by Gasteiger charge is -1.93. The molecular weight excluding hydrogens is 206 g/mol. The largest absolute Gasteiger partial charge is 0.324 e. The molecular formula is C11H11N3O2. The second-order valence-electron chi connectivity index (χ2n) is 3.55. The number of H-pyrrole nitrogens is 1. The van der Waals surface area contributed by atoms with E-state index in [0.717, 1.165) is 5.52 Å². The van der Waals surface area contributed by atoms with Crippen LogP contribution in [0.15, 0.2) is 18.2 Å². The minimum absolute atomic E-state index is 0.00224. The summed E-state index contributed by atoms with van der Waals surface area (Å²) in [6.07, 6.45) is 0. The van der Waals surface area contributed by atoms with Gasteiger partial charge in [-0.2, -0.15) is 0 Å². The van der Waals surface area contributed by atoms with Crippen LogP contribution in [0, 0.1) is 0 Å². The molecule has 2 N–H and O–H groups in total. The Hall–Kier alpha value is -2.17. The van der Waals surface area contributed by atoms with Crippen LogP contribution < -0.4 is 5.32 Å². The highest BCUT2D eigenvalue weighted by Gasteiger charge is 2.06. The van der Waals surface area contributed by atoms with Gasteiger partial charge in [-0.25, -0.2) is 4.98 Å². The first-order chi connectivity index (χ1) is 7.56. The molecule has 1 heterocycles. The average molecular weight is 217 g/mol. The Kier molecular flexibility index (Phi) is 2.44. The van der Waals surface area contributed by atoms with Gasteiger partial charge in [-0.05, 0) is 25.1 Å². The van der Waals surface area contributed by atoms with E-state index in [2.05, 4.69) is 15.3 Å². The summed E-state index contributed by atoms with van der Waals surface area (Å²) in [7, 11) is 0. The van der Waals surface area contributed by atoms with Gasteiger partial charge in [0.15, 0.2) is 5.78 Å². The zero-order valence-electron chi connectivity index (χ0n) is 9.00. The highest BCUT2D eigenvalue weighted by atomic mass is 16.1. The monoisotopic (exact) mass is 217 g/mol. The van der Waals surface area contributed by atoms with Crippen LogP contribution in [0.4, 0.5) is 5.95 Å². The van der Waals surface area contributed by atoms with Crippen molar-refractivity contribution in [1.29, 1.82) is 0 Å². The number of nitrogens with one attached hydrogen (secondary N) is 2. The average Bonchev–Trinajstić information content (AvgIpc) is 2.56. The molecule has 1 amide bonds. The van der Waals surface area contributed by atoms with E-state index in [0.29, 0.717) is 17.0 Å². The van der Waals surface area contributed by atoms with Crippen LogP contribution in [-0.2, 0) is 4.79 Å². The highest BCUT2D eigenvalue weighted by molar-refractivity contribution is 5.98. The van der Waals surface area contributed by atoms with Crippen LogP contribution in [-0.4, -0.2) is 21.7 Å². The first kappa shape index (κ1) is 10.4. The van der Waals surface area contributed by atoms with Gasteiger partial charge in [0, 0.05) is 12.5 Å². The predicted molar refractivity (Wildman–Crippen MR) is 60.4 cm³/mol. The number of anilines is 1. The Bertz CT molecular complexity index is 572. The Balaban J connectivity index is 2.45. The van der Waals surface area contributed by atoms with Gasteiger partial charge >= 0.3 is 0 Å². The molecule has 0 aliphatic heterocycles. The summed E-state index contributed by atoms with van der Waals surface area (Å²) >= 11 is 0. The van der Waals surface area contributed by atoms with Crippen molar-refractivity contribution in [3.05, 3.63) is 23.8 Å². The number of carbonyl (C=O) groups is 2. The molecule has 82 valence electrons. The summed E-state index contributed by atoms with van der Waals surface area (Å²) in [5.41, 5.74) is 2.07. The number of nitrogens with zero attached hydrogens (tertiary/aromatic N) is 1. The zero-order chi connectivity index (χ0) is 11.7. The number of aromatic amines is 1. The fraction of sp³-hybridized carbons (Fsp3) is 0.182. The van der Waals surface area contributed by atoms with Gasteiger partial charge in [0.05, 0.1) is 11.0 Å². The van der Waals surface area contributed by atoms with Gasteiger partial charge in [-0.15, -0.1) is 0 Å². The van der Waals surface area contributed by atoms with Gasteiger partial charge in [-0.3, -0.25) is 14.9 Å². The Morgan fingerprint density at radius 2 is 2.06 bits per heavy atom. The fourth-order valence-electron chi connectivity index (χ4n) is 1.45. The number of ketones is 1. The number of amides is 1. The van der Waals surface area contributed by atoms with Gasteiger partial charge < -0.3 is 4.98 Å². The zero-order valence-corrected chi connectivity index (χ0v) is 9.00. The molecule has 0 spiro atoms. The number of fused-ring (bicyclic) bond motifs is 1. The second kappa shape index (κ2) is 3.77. The lowest BCUT2D eigenvalue weighted by atomic mass is 10.1. The molecule has 0 fully saturated rings. The molecule has 0 atom stereocenters. The van der Waals surface area contributed by atoms with E-state index in [1.165, 1.54) is 13.8 Å². The highest BCUT2D eigenvalue weighted by Crippen LogP contribution is 2.16. The standard InChI is InChI=1S/C11H11N3O2/c1-6(15)8-3-4-9-10(5-8)14-11(13-9)12-7(2)16/h3-5H,1-2H3,(H2,12,13,14,16). The van der Waals surface area contributed by atoms with E-state index in [1.54, 1.807) is 18.2 Å². The van der Waals surface area contributed by atoms with Crippen molar-refractivity contribution in [2.45, 2.75) is 13.8 Å². The van der Waals surface area contributed by atoms with Gasteiger partial charge in [0.1, 0.15) is 0 Å². The van der Waals surface area contributed by atoms with E-state index in [9.17, 15) is 9.59 Å². The third kappa shape index (κ3) is 1.93. The third-order valence-corrected chi connectivity index (χ3v) is 2.18. The SMILES string of the molecule is CC(=O)Nc1nc2ccc(C(C)=O)cc2[nH]1. The van der Waals surface area contributed by atoms with Crippen molar-refractivity contribution in [2.24, 2.45) is 0 Å². The molecule has 0 saturated carbocycles. The van der Waals surface area contributed by atoms with Crippen molar-refractivity contribution in [3.8, 4) is 0 Å². The van der Waals surface area contributed by atoms with Crippen LogP contribution in [0.25, 0.3) is 11.0 Å². The third-order valence-electron chi connectivity index (χ3n) is 2.18. The van der Waals surface area contributed by atoms with Crippen LogP contribution >= 0.6 is 0 Å². The van der Waals surface area contributed by atoms with Crippen LogP contribution in [0.1, 0.15) is 24.2 Å². The van der Waals surface area contributed by atoms with Crippen LogP contribution in [0.5, 0.6) is 0 Å². The van der Waals surface area contributed by atoms with Gasteiger partial charge in [0.25, 0.3) is 0 Å². The van der Waals surface area contributed by atoms with Crippen molar-refractivity contribution in [3.63, 3.8) is 0 Å². The molecule has 0 aliphatic rings. The molecule has 2 rings (SSSR count). The number of benzene rings is 1. The number of hydrogen-bond acceptors (Lipinski definition) is 3. The second-order valence-corrected chi connectivity index (χ2v) is 3.55. The van der Waals surface area contributed by atoms with Crippen molar-refractivity contribution in [1.82, 2.24) is 9.97 Å². The Labute approximate surface area is 91.9 Å². The predicted octanol–water partition coefficient (Wildman–Crippen LogP) is 1.72. The molecule has 0 radical (unpaired) electrons. The minimum atomic E-state index is -0.189. The van der Waals surface area contributed by atoms with Gasteiger partial charge in [-0.1, -0.05) is 0 Å². The smallest absolute Gasteiger partial charge is 0.223 e. The summed E-state index contributed by atoms with van der Waals surface area (Å²) in [6, 6.07) is 5.17. The summed E-state index contributed by atoms with van der Waals surface area (Å²) in [4.78, 5) is 29.1. The first-order valence-electron chi connectivity index (χ1n) is 4.84. The number of carbonyl (C=O) groups excluding carboxylic acids is 2. The summed E-state index contributed by atoms with van der Waals surface area (Å²) in [5, 5.41) is 2.55. The normalized spacial score (nSPS) is 10.4. The lowest BCUT2D eigenvalue weighted by molar-refractivity contribution is -0.114. The number of aromatic nitrogens is 2. The number of rotatable bonds is 2. The molecule has 16 heavy (non-hydrogen) atoms. The van der Waals surface area contributed by atoms with Crippen LogP contribution in [0.3, 0.4) is 0 Å². The maximum atomic E-state index is 11.2. The lowest BCUT2D eigenvalue weighted by Crippen LogP contribution is -2.06. The first-order valence-corrected chi connectivity index (χ1v) is 4.84. The van der Waals surface area contributed by atoms with E-state index < -0.39 is 0 Å². The van der Waals surface area contributed by atoms with Crippen LogP contribution in [0.2, 0.25) is 0 Å². The molecule has 5 heteroatoms. The van der Waals surface area contributed by atoms with E-state index in [-0.39, 0.29) is 11.7 Å². The maximum Gasteiger partial charge on any atom is 0.223 e. The van der Waals surface area contributed by atoms with E-state index in [4.69, 9.17) is 0 Å². The summed E-state index contributed by atoms with van der Waals surface area (Å²) in [6.45, 7) is 2.92. The van der Waals surface area contributed by atoms with Crippen molar-refractivity contribution >= 4 is 28.7 Å². The minimum Gasteiger partial charge on any atom is -0.324 e. The van der Waals surface area contributed by atoms with E-state index >= 15 is 0 Å². The van der Waals surface area contributed by atoms with Crippen molar-refractivity contribution < 1.29 is 9.59 Å². The topological polar surface area (TPSA) is 74.8 Å². The molecule has 0 saturated heterocycles. The fourth-order valence-corrected chi connectivity index (χ4v) is 1.45. The molecule has 0 unspecified atom stereocenters. The van der Waals surface area contributed by atoms with Crippen molar-refractivity contribution in [2.75, 3.05) is 5.32 Å². The number of imidazole rings is 1. The van der Waals surface area contributed by atoms with E-state index in [1.807, 2.05) is 0 Å². The molecule has 1 aromatic carbocycles. The quantitative estimate of drug-likeness (QED) is 0.752. The summed E-state index contributed by atoms with van der Waals surface area (Å²) < 4.78 is 0. The maximum absolute atomic E-state index is 11.2. The molecule has 0 aliphatic carbocycles. The number of Topliss-reactive ketones (excluding diaryl/α,β-unsaturated/α-hetero) is 1. The Morgan fingerprint density at radius 3 is 2.69 bits per heavy atom. The molecule has 5 nitrogen and oxygen atoms in total. The molecule has 1 aromatic heterocycles. The Morgan fingerprint density at radius 1 is 1.31 bits per heavy atom. The summed E-state index contributed by atoms with van der Waals surface area (Å²) in [5.74, 6) is 0.201.